The Morgan fingerprint density at radius 1 is 1.17 bits per heavy atom. The number of aromatic nitrogens is 3. The van der Waals surface area contributed by atoms with Gasteiger partial charge in [-0.3, -0.25) is 9.69 Å². The van der Waals surface area contributed by atoms with E-state index in [1.807, 2.05) is 36.4 Å². The van der Waals surface area contributed by atoms with Crippen LogP contribution in [0.5, 0.6) is 0 Å². The number of likely N-dealkylation sites (N-methyl/N-ethyl adjacent to an activating group) is 1. The first-order chi connectivity index (χ1) is 14.5. The van der Waals surface area contributed by atoms with Crippen molar-refractivity contribution in [1.82, 2.24) is 24.5 Å². The fourth-order valence-electron chi connectivity index (χ4n) is 5.22. The molecule has 1 atom stereocenters. The number of carbonyl (C=O) groups excluding carboxylic acids is 1. The Morgan fingerprint density at radius 3 is 2.70 bits per heavy atom. The van der Waals surface area contributed by atoms with Crippen LogP contribution in [0.15, 0.2) is 41.2 Å². The third-order valence-corrected chi connectivity index (χ3v) is 6.50. The molecule has 5 rings (SSSR count). The first-order valence-corrected chi connectivity index (χ1v) is 10.5. The Morgan fingerprint density at radius 2 is 1.97 bits per heavy atom. The lowest BCUT2D eigenvalue weighted by Gasteiger charge is -2.49. The minimum absolute atomic E-state index is 0.0171. The second kappa shape index (κ2) is 7.09. The van der Waals surface area contributed by atoms with Gasteiger partial charge in [0.25, 0.3) is 5.91 Å². The molecule has 2 aliphatic rings. The lowest BCUT2D eigenvalue weighted by atomic mass is 9.85. The SMILES string of the molecule is Cc1noc(C)c1C(=O)N1CCC[C@@]2(CN(C)Cc3c(-c4ccccc4)ncn32)C1. The van der Waals surface area contributed by atoms with Crippen molar-refractivity contribution in [2.75, 3.05) is 26.7 Å². The van der Waals surface area contributed by atoms with Crippen LogP contribution in [0.2, 0.25) is 0 Å². The molecule has 4 heterocycles. The highest BCUT2D eigenvalue weighted by Crippen LogP contribution is 2.38. The minimum Gasteiger partial charge on any atom is -0.361 e. The third kappa shape index (κ3) is 2.96. The van der Waals surface area contributed by atoms with Gasteiger partial charge in [0.1, 0.15) is 11.3 Å². The van der Waals surface area contributed by atoms with Crippen molar-refractivity contribution < 1.29 is 9.32 Å². The Hall–Kier alpha value is -2.93. The monoisotopic (exact) mass is 405 g/mol. The molecule has 0 bridgehead atoms. The quantitative estimate of drug-likeness (QED) is 0.655. The Balaban J connectivity index is 1.52. The van der Waals surface area contributed by atoms with Crippen molar-refractivity contribution in [3.05, 3.63) is 59.4 Å². The molecule has 0 N–H and O–H groups in total. The van der Waals surface area contributed by atoms with Crippen LogP contribution < -0.4 is 0 Å². The lowest BCUT2D eigenvalue weighted by molar-refractivity contribution is 0.0323. The second-order valence-corrected chi connectivity index (χ2v) is 8.70. The largest absolute Gasteiger partial charge is 0.361 e. The van der Waals surface area contributed by atoms with Crippen LogP contribution in [0.3, 0.4) is 0 Å². The fourth-order valence-corrected chi connectivity index (χ4v) is 5.22. The second-order valence-electron chi connectivity index (χ2n) is 8.70. The number of amides is 1. The van der Waals surface area contributed by atoms with Crippen molar-refractivity contribution in [2.24, 2.45) is 0 Å². The van der Waals surface area contributed by atoms with E-state index < -0.39 is 0 Å². The Kier molecular flexibility index (Phi) is 4.50. The van der Waals surface area contributed by atoms with E-state index in [-0.39, 0.29) is 11.4 Å². The van der Waals surface area contributed by atoms with E-state index in [9.17, 15) is 4.79 Å². The van der Waals surface area contributed by atoms with E-state index >= 15 is 0 Å². The molecule has 156 valence electrons. The van der Waals surface area contributed by atoms with Gasteiger partial charge in [0.2, 0.25) is 0 Å². The molecule has 0 radical (unpaired) electrons. The summed E-state index contributed by atoms with van der Waals surface area (Å²) in [7, 11) is 2.15. The zero-order chi connectivity index (χ0) is 20.9. The molecule has 1 amide bonds. The molecule has 7 nitrogen and oxygen atoms in total. The fraction of sp³-hybridized carbons (Fsp3) is 0.435. The first-order valence-electron chi connectivity index (χ1n) is 10.5. The molecule has 7 heteroatoms. The van der Waals surface area contributed by atoms with E-state index in [1.54, 1.807) is 6.92 Å². The molecule has 0 saturated carbocycles. The Labute approximate surface area is 176 Å². The highest BCUT2D eigenvalue weighted by atomic mass is 16.5. The van der Waals surface area contributed by atoms with E-state index in [0.29, 0.717) is 23.6 Å². The van der Waals surface area contributed by atoms with Gasteiger partial charge in [0, 0.05) is 31.7 Å². The molecule has 0 unspecified atom stereocenters. The molecule has 1 aromatic carbocycles. The molecule has 1 saturated heterocycles. The number of likely N-dealkylation sites (tertiary alicyclic amines) is 1. The highest BCUT2D eigenvalue weighted by Gasteiger charge is 2.44. The molecule has 1 spiro atoms. The number of rotatable bonds is 2. The summed E-state index contributed by atoms with van der Waals surface area (Å²) >= 11 is 0. The maximum absolute atomic E-state index is 13.3. The van der Waals surface area contributed by atoms with E-state index in [1.165, 1.54) is 5.69 Å². The molecule has 30 heavy (non-hydrogen) atoms. The summed E-state index contributed by atoms with van der Waals surface area (Å²) in [5.41, 5.74) is 4.49. The van der Waals surface area contributed by atoms with Gasteiger partial charge in [0.05, 0.1) is 28.9 Å². The smallest absolute Gasteiger partial charge is 0.259 e. The van der Waals surface area contributed by atoms with Crippen LogP contribution in [0, 0.1) is 13.8 Å². The number of aryl methyl sites for hydroxylation is 2. The standard InChI is InChI=1S/C23H27N5O2/c1-16-20(17(2)30-25-16)22(29)27-11-7-10-23(14-27)13-26(3)12-19-21(24-15-28(19)23)18-8-5-4-6-9-18/h4-6,8-9,15H,7,10-14H2,1-3H3/t23-/m1/s1. The number of benzene rings is 1. The van der Waals surface area contributed by atoms with Gasteiger partial charge in [-0.05, 0) is 33.7 Å². The van der Waals surface area contributed by atoms with Gasteiger partial charge in [-0.1, -0.05) is 35.5 Å². The maximum Gasteiger partial charge on any atom is 0.259 e. The van der Waals surface area contributed by atoms with Crippen molar-refractivity contribution in [3.8, 4) is 11.3 Å². The molecular formula is C23H27N5O2. The van der Waals surface area contributed by atoms with Crippen LogP contribution in [-0.4, -0.2) is 57.1 Å². The van der Waals surface area contributed by atoms with Crippen molar-refractivity contribution in [3.63, 3.8) is 0 Å². The van der Waals surface area contributed by atoms with E-state index in [4.69, 9.17) is 9.51 Å². The summed E-state index contributed by atoms with van der Waals surface area (Å²) in [6.45, 7) is 6.81. The number of fused-ring (bicyclic) bond motifs is 2. The molecule has 2 aromatic heterocycles. The van der Waals surface area contributed by atoms with Gasteiger partial charge >= 0.3 is 0 Å². The normalized spacial score (nSPS) is 21.8. The molecule has 3 aromatic rings. The van der Waals surface area contributed by atoms with Gasteiger partial charge in [-0.15, -0.1) is 0 Å². The van der Waals surface area contributed by atoms with E-state index in [0.717, 1.165) is 43.7 Å². The van der Waals surface area contributed by atoms with Crippen molar-refractivity contribution in [1.29, 1.82) is 0 Å². The number of hydrogen-bond acceptors (Lipinski definition) is 5. The zero-order valence-electron chi connectivity index (χ0n) is 17.8. The number of piperidine rings is 1. The predicted molar refractivity (Wildman–Crippen MR) is 113 cm³/mol. The number of hydrogen-bond donors (Lipinski definition) is 0. The molecule has 0 aliphatic carbocycles. The summed E-state index contributed by atoms with van der Waals surface area (Å²) in [4.78, 5) is 22.5. The number of imidazole rings is 1. The van der Waals surface area contributed by atoms with Crippen LogP contribution >= 0.6 is 0 Å². The number of carbonyl (C=O) groups is 1. The topological polar surface area (TPSA) is 67.4 Å². The maximum atomic E-state index is 13.3. The van der Waals surface area contributed by atoms with Crippen LogP contribution in [0.1, 0.15) is 40.3 Å². The molecule has 2 aliphatic heterocycles. The van der Waals surface area contributed by atoms with Crippen LogP contribution in [0.4, 0.5) is 0 Å². The van der Waals surface area contributed by atoms with Gasteiger partial charge in [0.15, 0.2) is 0 Å². The summed E-state index contributed by atoms with van der Waals surface area (Å²) < 4.78 is 7.60. The van der Waals surface area contributed by atoms with Gasteiger partial charge < -0.3 is 14.0 Å². The van der Waals surface area contributed by atoms with E-state index in [2.05, 4.69) is 33.8 Å². The molecule has 1 fully saturated rings. The minimum atomic E-state index is -0.171. The first kappa shape index (κ1) is 19.1. The average Bonchev–Trinajstić information content (AvgIpc) is 3.31. The summed E-state index contributed by atoms with van der Waals surface area (Å²) in [5, 5.41) is 3.98. The zero-order valence-corrected chi connectivity index (χ0v) is 17.8. The van der Waals surface area contributed by atoms with Crippen LogP contribution in [-0.2, 0) is 12.1 Å². The highest BCUT2D eigenvalue weighted by molar-refractivity contribution is 5.96. The third-order valence-electron chi connectivity index (χ3n) is 6.50. The summed E-state index contributed by atoms with van der Waals surface area (Å²) in [6.07, 6.45) is 3.97. The Bertz CT molecular complexity index is 1070. The van der Waals surface area contributed by atoms with Crippen molar-refractivity contribution in [2.45, 2.75) is 38.8 Å². The molecular weight excluding hydrogens is 378 g/mol. The average molecular weight is 406 g/mol. The summed E-state index contributed by atoms with van der Waals surface area (Å²) in [6, 6.07) is 10.3. The predicted octanol–water partition coefficient (Wildman–Crippen LogP) is 3.23. The van der Waals surface area contributed by atoms with Gasteiger partial charge in [-0.25, -0.2) is 4.98 Å². The summed E-state index contributed by atoms with van der Waals surface area (Å²) in [5.74, 6) is 0.607. The number of nitrogens with zero attached hydrogens (tertiary/aromatic N) is 5. The van der Waals surface area contributed by atoms with Crippen molar-refractivity contribution >= 4 is 5.91 Å². The van der Waals surface area contributed by atoms with Gasteiger partial charge in [-0.2, -0.15) is 0 Å². The van der Waals surface area contributed by atoms with Crippen LogP contribution in [0.25, 0.3) is 11.3 Å². The lowest BCUT2D eigenvalue weighted by Crippen LogP contribution is -2.58.